The van der Waals surface area contributed by atoms with Gasteiger partial charge in [-0.3, -0.25) is 0 Å². The Morgan fingerprint density at radius 3 is 2.31 bits per heavy atom. The highest BCUT2D eigenvalue weighted by molar-refractivity contribution is 7.89. The average molecular weight is 398 g/mol. The third kappa shape index (κ3) is 3.98. The van der Waals surface area contributed by atoms with Gasteiger partial charge in [-0.2, -0.15) is 4.31 Å². The fourth-order valence-corrected chi connectivity index (χ4v) is 4.31. The summed E-state index contributed by atoms with van der Waals surface area (Å²) in [5.74, 6) is -0.887. The van der Waals surface area contributed by atoms with Gasteiger partial charge in [0.1, 0.15) is 10.7 Å². The lowest BCUT2D eigenvalue weighted by Crippen LogP contribution is -2.51. The monoisotopic (exact) mass is 397 g/mol. The number of sulfonamides is 1. The fraction of sp³-hybridized carbons (Fsp3) is 0.235. The molecule has 26 heavy (non-hydrogen) atoms. The SMILES string of the molecule is O=C(Nc1ccccc1)N1CCN(S(=O)(=O)c2ccc(Cl)cc2F)CC1. The zero-order valence-electron chi connectivity index (χ0n) is 13.7. The van der Waals surface area contributed by atoms with Crippen LogP contribution in [0.25, 0.3) is 0 Å². The molecule has 1 aliphatic heterocycles. The second-order valence-electron chi connectivity index (χ2n) is 5.76. The molecular weight excluding hydrogens is 381 g/mol. The first-order valence-corrected chi connectivity index (χ1v) is 9.76. The Labute approximate surface area is 156 Å². The van der Waals surface area contributed by atoms with E-state index in [9.17, 15) is 17.6 Å². The minimum atomic E-state index is -3.98. The van der Waals surface area contributed by atoms with Crippen LogP contribution in [-0.4, -0.2) is 49.8 Å². The Kier molecular flexibility index (Phi) is 5.45. The summed E-state index contributed by atoms with van der Waals surface area (Å²) in [6.45, 7) is 0.611. The van der Waals surface area contributed by atoms with E-state index in [0.717, 1.165) is 12.1 Å². The second kappa shape index (κ2) is 7.61. The number of para-hydroxylation sites is 1. The molecule has 1 fully saturated rings. The minimum absolute atomic E-state index is 0.0899. The van der Waals surface area contributed by atoms with Crippen molar-refractivity contribution in [2.45, 2.75) is 4.90 Å². The van der Waals surface area contributed by atoms with E-state index in [0.29, 0.717) is 5.69 Å². The number of carbonyl (C=O) groups excluding carboxylic acids is 1. The maximum atomic E-state index is 14.0. The van der Waals surface area contributed by atoms with E-state index in [2.05, 4.69) is 5.32 Å². The standard InChI is InChI=1S/C17H17ClFN3O3S/c18-13-6-7-16(15(19)12-13)26(24,25)22-10-8-21(9-11-22)17(23)20-14-4-2-1-3-5-14/h1-7,12H,8-11H2,(H,20,23). The van der Waals surface area contributed by atoms with Crippen LogP contribution < -0.4 is 5.32 Å². The number of anilines is 1. The Hall–Kier alpha value is -2.16. The number of halogens is 2. The van der Waals surface area contributed by atoms with Gasteiger partial charge in [-0.25, -0.2) is 17.6 Å². The number of nitrogens with zero attached hydrogens (tertiary/aromatic N) is 2. The van der Waals surface area contributed by atoms with Crippen LogP contribution in [0.3, 0.4) is 0 Å². The second-order valence-corrected chi connectivity index (χ2v) is 8.10. The van der Waals surface area contributed by atoms with Crippen LogP contribution in [0.15, 0.2) is 53.4 Å². The maximum absolute atomic E-state index is 14.0. The number of piperazine rings is 1. The Morgan fingerprint density at radius 2 is 1.69 bits per heavy atom. The van der Waals surface area contributed by atoms with E-state index in [1.807, 2.05) is 6.07 Å². The highest BCUT2D eigenvalue weighted by Crippen LogP contribution is 2.23. The molecule has 0 aromatic heterocycles. The van der Waals surface area contributed by atoms with Crippen molar-refractivity contribution in [2.75, 3.05) is 31.5 Å². The smallest absolute Gasteiger partial charge is 0.321 e. The molecule has 2 aromatic carbocycles. The summed E-state index contributed by atoms with van der Waals surface area (Å²) in [7, 11) is -3.98. The van der Waals surface area contributed by atoms with E-state index >= 15 is 0 Å². The molecule has 1 N–H and O–H groups in total. The van der Waals surface area contributed by atoms with Crippen LogP contribution in [0, 0.1) is 5.82 Å². The predicted molar refractivity (Wildman–Crippen MR) is 97.2 cm³/mol. The van der Waals surface area contributed by atoms with E-state index in [1.54, 1.807) is 24.3 Å². The molecule has 9 heteroatoms. The molecule has 1 aliphatic rings. The van der Waals surface area contributed by atoms with Gasteiger partial charge in [-0.1, -0.05) is 29.8 Å². The molecule has 3 rings (SSSR count). The van der Waals surface area contributed by atoms with E-state index in [1.165, 1.54) is 15.3 Å². The highest BCUT2D eigenvalue weighted by atomic mass is 35.5. The molecule has 6 nitrogen and oxygen atoms in total. The first-order chi connectivity index (χ1) is 12.4. The number of carbonyl (C=O) groups is 1. The topological polar surface area (TPSA) is 69.7 Å². The van der Waals surface area contributed by atoms with Crippen molar-refractivity contribution in [3.05, 3.63) is 59.4 Å². The molecule has 2 amide bonds. The van der Waals surface area contributed by atoms with E-state index in [4.69, 9.17) is 11.6 Å². The Balaban J connectivity index is 1.65. The molecule has 0 radical (unpaired) electrons. The van der Waals surface area contributed by atoms with Gasteiger partial charge in [0.05, 0.1) is 0 Å². The van der Waals surface area contributed by atoms with Crippen LogP contribution in [0.1, 0.15) is 0 Å². The number of hydrogen-bond donors (Lipinski definition) is 1. The third-order valence-electron chi connectivity index (χ3n) is 4.06. The molecule has 0 atom stereocenters. The van der Waals surface area contributed by atoms with Gasteiger partial charge < -0.3 is 10.2 Å². The van der Waals surface area contributed by atoms with E-state index in [-0.39, 0.29) is 37.2 Å². The number of urea groups is 1. The van der Waals surface area contributed by atoms with Crippen molar-refractivity contribution in [1.29, 1.82) is 0 Å². The number of nitrogens with one attached hydrogen (secondary N) is 1. The lowest BCUT2D eigenvalue weighted by molar-refractivity contribution is 0.184. The maximum Gasteiger partial charge on any atom is 0.321 e. The van der Waals surface area contributed by atoms with Crippen LogP contribution in [0.5, 0.6) is 0 Å². The first-order valence-electron chi connectivity index (χ1n) is 7.94. The molecule has 1 heterocycles. The number of hydrogen-bond acceptors (Lipinski definition) is 3. The quantitative estimate of drug-likeness (QED) is 0.865. The van der Waals surface area contributed by atoms with Crippen molar-refractivity contribution in [1.82, 2.24) is 9.21 Å². The van der Waals surface area contributed by atoms with Gasteiger partial charge in [0.15, 0.2) is 0 Å². The van der Waals surface area contributed by atoms with Gasteiger partial charge in [0, 0.05) is 36.9 Å². The molecule has 0 saturated carbocycles. The molecule has 0 unspecified atom stereocenters. The first kappa shape index (κ1) is 18.6. The van der Waals surface area contributed by atoms with Crippen molar-refractivity contribution >= 4 is 33.3 Å². The summed E-state index contributed by atoms with van der Waals surface area (Å²) in [6, 6.07) is 12.1. The van der Waals surface area contributed by atoms with Crippen LogP contribution >= 0.6 is 11.6 Å². The van der Waals surface area contributed by atoms with Gasteiger partial charge >= 0.3 is 6.03 Å². The number of amides is 2. The largest absolute Gasteiger partial charge is 0.322 e. The molecule has 0 bridgehead atoms. The summed E-state index contributed by atoms with van der Waals surface area (Å²) in [5.41, 5.74) is 0.663. The lowest BCUT2D eigenvalue weighted by Gasteiger charge is -2.34. The molecule has 2 aromatic rings. The average Bonchev–Trinajstić information content (AvgIpc) is 2.62. The molecule has 0 aliphatic carbocycles. The lowest BCUT2D eigenvalue weighted by atomic mass is 10.3. The fourth-order valence-electron chi connectivity index (χ4n) is 2.68. The Morgan fingerprint density at radius 1 is 1.04 bits per heavy atom. The van der Waals surface area contributed by atoms with Gasteiger partial charge in [0.25, 0.3) is 0 Å². The molecular formula is C17H17ClFN3O3S. The third-order valence-corrected chi connectivity index (χ3v) is 6.23. The summed E-state index contributed by atoms with van der Waals surface area (Å²) >= 11 is 5.67. The summed E-state index contributed by atoms with van der Waals surface area (Å²) in [5, 5.41) is 2.89. The van der Waals surface area contributed by atoms with Gasteiger partial charge in [-0.15, -0.1) is 0 Å². The predicted octanol–water partition coefficient (Wildman–Crippen LogP) is 3.02. The summed E-state index contributed by atoms with van der Waals surface area (Å²) in [4.78, 5) is 13.4. The van der Waals surface area contributed by atoms with Crippen LogP contribution in [-0.2, 0) is 10.0 Å². The van der Waals surface area contributed by atoms with Gasteiger partial charge in [0.2, 0.25) is 10.0 Å². The number of benzene rings is 2. The van der Waals surface area contributed by atoms with E-state index < -0.39 is 20.7 Å². The number of rotatable bonds is 3. The minimum Gasteiger partial charge on any atom is -0.322 e. The summed E-state index contributed by atoms with van der Waals surface area (Å²) < 4.78 is 40.4. The zero-order chi connectivity index (χ0) is 18.7. The molecule has 1 saturated heterocycles. The van der Waals surface area contributed by atoms with Crippen molar-refractivity contribution in [2.24, 2.45) is 0 Å². The van der Waals surface area contributed by atoms with Crippen LogP contribution in [0.4, 0.5) is 14.9 Å². The van der Waals surface area contributed by atoms with Crippen molar-refractivity contribution in [3.63, 3.8) is 0 Å². The van der Waals surface area contributed by atoms with Gasteiger partial charge in [-0.05, 0) is 30.3 Å². The van der Waals surface area contributed by atoms with Crippen LogP contribution in [0.2, 0.25) is 5.02 Å². The Bertz CT molecular complexity index is 901. The zero-order valence-corrected chi connectivity index (χ0v) is 15.3. The molecule has 138 valence electrons. The molecule has 0 spiro atoms. The summed E-state index contributed by atoms with van der Waals surface area (Å²) in [6.07, 6.45) is 0. The van der Waals surface area contributed by atoms with Crippen molar-refractivity contribution in [3.8, 4) is 0 Å². The van der Waals surface area contributed by atoms with Crippen molar-refractivity contribution < 1.29 is 17.6 Å². The normalized spacial score (nSPS) is 15.7. The highest BCUT2D eigenvalue weighted by Gasteiger charge is 2.32.